The summed E-state index contributed by atoms with van der Waals surface area (Å²) in [5.74, 6) is 1.96. The van der Waals surface area contributed by atoms with E-state index in [1.165, 1.54) is 75.3 Å². The van der Waals surface area contributed by atoms with Crippen molar-refractivity contribution in [1.82, 2.24) is 10.2 Å². The average Bonchev–Trinajstić information content (AvgIpc) is 2.74. The Kier molecular flexibility index (Phi) is 7.86. The number of nitrogens with zero attached hydrogens (tertiary/aromatic N) is 2. The summed E-state index contributed by atoms with van der Waals surface area (Å²) in [7, 11) is 0. The van der Waals surface area contributed by atoms with Crippen molar-refractivity contribution in [3.63, 3.8) is 0 Å². The van der Waals surface area contributed by atoms with Gasteiger partial charge in [0.05, 0.1) is 11.4 Å². The van der Waals surface area contributed by atoms with Gasteiger partial charge >= 0.3 is 0 Å². The van der Waals surface area contributed by atoms with Crippen LogP contribution < -0.4 is 0 Å². The number of unbranched alkanes of at least 4 members (excludes halogenated alkanes) is 2. The highest BCUT2D eigenvalue weighted by atomic mass is 15.1. The zero-order valence-corrected chi connectivity index (χ0v) is 17.3. The van der Waals surface area contributed by atoms with E-state index in [9.17, 15) is 0 Å². The molecule has 0 unspecified atom stereocenters. The molecular formula is C25H36N2. The predicted octanol–water partition coefficient (Wildman–Crippen LogP) is 7.03. The summed E-state index contributed by atoms with van der Waals surface area (Å²) in [5, 5.41) is 8.63. The van der Waals surface area contributed by atoms with Crippen molar-refractivity contribution in [1.29, 1.82) is 0 Å². The number of hydrogen-bond donors (Lipinski definition) is 0. The minimum Gasteiger partial charge on any atom is -0.155 e. The molecule has 2 nitrogen and oxygen atoms in total. The Bertz CT molecular complexity index is 652. The van der Waals surface area contributed by atoms with Crippen molar-refractivity contribution in [2.24, 2.45) is 11.8 Å². The summed E-state index contributed by atoms with van der Waals surface area (Å²) in [4.78, 5) is 0. The second kappa shape index (κ2) is 10.6. The van der Waals surface area contributed by atoms with E-state index in [1.807, 2.05) is 0 Å². The molecule has 3 rings (SSSR count). The van der Waals surface area contributed by atoms with Crippen LogP contribution in [0.15, 0.2) is 36.4 Å². The van der Waals surface area contributed by atoms with Gasteiger partial charge in [-0.25, -0.2) is 0 Å². The number of rotatable bonds is 9. The molecule has 1 aromatic carbocycles. The van der Waals surface area contributed by atoms with Crippen molar-refractivity contribution in [2.75, 3.05) is 0 Å². The van der Waals surface area contributed by atoms with Crippen molar-refractivity contribution in [3.05, 3.63) is 47.7 Å². The van der Waals surface area contributed by atoms with Crippen molar-refractivity contribution < 1.29 is 0 Å². The van der Waals surface area contributed by atoms with E-state index in [-0.39, 0.29) is 0 Å². The monoisotopic (exact) mass is 364 g/mol. The van der Waals surface area contributed by atoms with Crippen LogP contribution in [0.3, 0.4) is 0 Å². The van der Waals surface area contributed by atoms with E-state index >= 15 is 0 Å². The first kappa shape index (κ1) is 20.0. The molecule has 1 saturated carbocycles. The minimum absolute atomic E-state index is 0.937. The topological polar surface area (TPSA) is 25.8 Å². The van der Waals surface area contributed by atoms with Gasteiger partial charge in [0.1, 0.15) is 0 Å². The van der Waals surface area contributed by atoms with Crippen LogP contribution in [0, 0.1) is 11.8 Å². The number of aromatic nitrogens is 2. The zero-order chi connectivity index (χ0) is 18.9. The Labute approximate surface area is 165 Å². The third-order valence-corrected chi connectivity index (χ3v) is 6.36. The molecule has 0 atom stereocenters. The fourth-order valence-corrected chi connectivity index (χ4v) is 4.41. The molecule has 2 aromatic rings. The van der Waals surface area contributed by atoms with Crippen LogP contribution in [-0.4, -0.2) is 10.2 Å². The first-order valence-corrected chi connectivity index (χ1v) is 11.2. The average molecular weight is 365 g/mol. The number of aryl methyl sites for hydroxylation is 2. The molecule has 1 heterocycles. The normalized spacial score (nSPS) is 19.9. The van der Waals surface area contributed by atoms with Crippen molar-refractivity contribution in [3.8, 4) is 11.3 Å². The first-order chi connectivity index (χ1) is 13.3. The van der Waals surface area contributed by atoms with E-state index in [4.69, 9.17) is 0 Å². The molecule has 1 fully saturated rings. The van der Waals surface area contributed by atoms with Gasteiger partial charge in [0.2, 0.25) is 0 Å². The van der Waals surface area contributed by atoms with Crippen molar-refractivity contribution >= 4 is 0 Å². The Hall–Kier alpha value is -1.70. The highest BCUT2D eigenvalue weighted by molar-refractivity contribution is 5.58. The molecule has 1 aromatic heterocycles. The Morgan fingerprint density at radius 1 is 0.778 bits per heavy atom. The maximum absolute atomic E-state index is 4.35. The fraction of sp³-hybridized carbons (Fsp3) is 0.600. The number of benzene rings is 1. The second-order valence-electron chi connectivity index (χ2n) is 8.38. The summed E-state index contributed by atoms with van der Waals surface area (Å²) in [6.07, 6.45) is 15.1. The molecule has 0 amide bonds. The van der Waals surface area contributed by atoms with Crippen LogP contribution in [0.5, 0.6) is 0 Å². The van der Waals surface area contributed by atoms with E-state index in [0.717, 1.165) is 29.6 Å². The summed E-state index contributed by atoms with van der Waals surface area (Å²) in [6, 6.07) is 13.1. The van der Waals surface area contributed by atoms with Crippen LogP contribution in [0.2, 0.25) is 0 Å². The molecule has 146 valence electrons. The molecule has 1 aliphatic carbocycles. The van der Waals surface area contributed by atoms with Gasteiger partial charge < -0.3 is 0 Å². The van der Waals surface area contributed by atoms with Gasteiger partial charge in [-0.15, -0.1) is 0 Å². The maximum Gasteiger partial charge on any atom is 0.0929 e. The van der Waals surface area contributed by atoms with Crippen LogP contribution in [0.4, 0.5) is 0 Å². The third-order valence-electron chi connectivity index (χ3n) is 6.36. The van der Waals surface area contributed by atoms with Crippen LogP contribution in [-0.2, 0) is 12.8 Å². The Morgan fingerprint density at radius 2 is 1.48 bits per heavy atom. The molecule has 0 N–H and O–H groups in total. The lowest BCUT2D eigenvalue weighted by atomic mass is 9.78. The Morgan fingerprint density at radius 3 is 2.07 bits per heavy atom. The maximum atomic E-state index is 4.35. The standard InChI is InChI=1S/C25H36N2/c1-3-5-6-7-20-8-10-21(11-9-20)12-13-22-14-16-23(17-15-22)25-19-18-24(4-2)26-27-25/h14-21H,3-13H2,1-2H3/t20-,21-. The van der Waals surface area contributed by atoms with Gasteiger partial charge in [-0.3, -0.25) is 0 Å². The van der Waals surface area contributed by atoms with Crippen LogP contribution in [0.25, 0.3) is 11.3 Å². The molecule has 27 heavy (non-hydrogen) atoms. The lowest BCUT2D eigenvalue weighted by Crippen LogP contribution is -2.15. The molecule has 0 bridgehead atoms. The fourth-order valence-electron chi connectivity index (χ4n) is 4.41. The first-order valence-electron chi connectivity index (χ1n) is 11.2. The number of hydrogen-bond acceptors (Lipinski definition) is 2. The van der Waals surface area contributed by atoms with E-state index in [0.29, 0.717) is 0 Å². The Balaban J connectivity index is 1.42. The molecule has 2 heteroatoms. The predicted molar refractivity (Wildman–Crippen MR) is 115 cm³/mol. The van der Waals surface area contributed by atoms with Crippen LogP contribution >= 0.6 is 0 Å². The van der Waals surface area contributed by atoms with E-state index < -0.39 is 0 Å². The molecule has 0 spiro atoms. The van der Waals surface area contributed by atoms with E-state index in [2.05, 4.69) is 60.4 Å². The van der Waals surface area contributed by atoms with Gasteiger partial charge in [0.25, 0.3) is 0 Å². The summed E-state index contributed by atoms with van der Waals surface area (Å²) in [5.41, 5.74) is 4.65. The van der Waals surface area contributed by atoms with Gasteiger partial charge in [0, 0.05) is 5.56 Å². The van der Waals surface area contributed by atoms with Gasteiger partial charge in [0.15, 0.2) is 0 Å². The SMILES string of the molecule is CCCCC[C@H]1CC[C@H](CCc2ccc(-c3ccc(CC)nn3)cc2)CC1. The van der Waals surface area contributed by atoms with Gasteiger partial charge in [-0.1, -0.05) is 89.5 Å². The van der Waals surface area contributed by atoms with Crippen LogP contribution in [0.1, 0.15) is 82.9 Å². The van der Waals surface area contributed by atoms with Gasteiger partial charge in [-0.05, 0) is 48.8 Å². The summed E-state index contributed by atoms with van der Waals surface area (Å²) < 4.78 is 0. The van der Waals surface area contributed by atoms with Crippen molar-refractivity contribution in [2.45, 2.75) is 84.5 Å². The molecule has 0 radical (unpaired) electrons. The molecule has 0 aliphatic heterocycles. The lowest BCUT2D eigenvalue weighted by molar-refractivity contribution is 0.249. The lowest BCUT2D eigenvalue weighted by Gasteiger charge is -2.28. The molecular weight excluding hydrogens is 328 g/mol. The molecule has 0 saturated heterocycles. The molecule has 1 aliphatic rings. The largest absolute Gasteiger partial charge is 0.155 e. The smallest absolute Gasteiger partial charge is 0.0929 e. The van der Waals surface area contributed by atoms with E-state index in [1.54, 1.807) is 0 Å². The quantitative estimate of drug-likeness (QED) is 0.446. The minimum atomic E-state index is 0.937. The highest BCUT2D eigenvalue weighted by Gasteiger charge is 2.20. The third kappa shape index (κ3) is 6.16. The summed E-state index contributed by atoms with van der Waals surface area (Å²) >= 11 is 0. The zero-order valence-electron chi connectivity index (χ0n) is 17.3. The highest BCUT2D eigenvalue weighted by Crippen LogP contribution is 2.34. The summed E-state index contributed by atoms with van der Waals surface area (Å²) in [6.45, 7) is 4.41. The second-order valence-corrected chi connectivity index (χ2v) is 8.38. The van der Waals surface area contributed by atoms with Gasteiger partial charge in [-0.2, -0.15) is 10.2 Å².